The van der Waals surface area contributed by atoms with Gasteiger partial charge in [0.1, 0.15) is 17.2 Å². The first-order valence-electron chi connectivity index (χ1n) is 12.2. The summed E-state index contributed by atoms with van der Waals surface area (Å²) in [7, 11) is 0. The first kappa shape index (κ1) is 24.7. The fraction of sp³-hybridized carbons (Fsp3) is 0.500. The molecule has 0 radical (unpaired) electrons. The largest absolute Gasteiger partial charge is 0.492 e. The summed E-state index contributed by atoms with van der Waals surface area (Å²) in [6, 6.07) is 1.61. The second kappa shape index (κ2) is 9.47. The van der Waals surface area contributed by atoms with Crippen LogP contribution in [-0.4, -0.2) is 78.3 Å². The zero-order valence-corrected chi connectivity index (χ0v) is 21.0. The van der Waals surface area contributed by atoms with Crippen LogP contribution in [0.5, 0.6) is 5.88 Å². The number of ether oxygens (including phenoxy) is 1. The molecule has 0 bridgehead atoms. The smallest absolute Gasteiger partial charge is 0.274 e. The van der Waals surface area contributed by atoms with Gasteiger partial charge in [0.15, 0.2) is 11.4 Å². The molecule has 0 unspecified atom stereocenters. The number of hydrogen-bond acceptors (Lipinski definition) is 9. The number of anilines is 2. The van der Waals surface area contributed by atoms with Crippen LogP contribution >= 0.6 is 0 Å². The zero-order chi connectivity index (χ0) is 26.3. The molecule has 1 aliphatic heterocycles. The van der Waals surface area contributed by atoms with Gasteiger partial charge in [-0.05, 0) is 18.3 Å². The quantitative estimate of drug-likeness (QED) is 0.443. The molecule has 0 atom stereocenters. The van der Waals surface area contributed by atoms with Crippen molar-refractivity contribution < 1.29 is 19.4 Å². The van der Waals surface area contributed by atoms with Crippen molar-refractivity contribution in [3.8, 4) is 5.88 Å². The van der Waals surface area contributed by atoms with Gasteiger partial charge in [0.25, 0.3) is 17.4 Å². The summed E-state index contributed by atoms with van der Waals surface area (Å²) in [4.78, 5) is 48.9. The van der Waals surface area contributed by atoms with Gasteiger partial charge in [-0.3, -0.25) is 19.0 Å². The molecule has 0 spiro atoms. The molecule has 3 aromatic heterocycles. The summed E-state index contributed by atoms with van der Waals surface area (Å²) in [6.45, 7) is 8.19. The topological polar surface area (TPSA) is 156 Å². The number of morpholine rings is 1. The maximum absolute atomic E-state index is 13.3. The Morgan fingerprint density at radius 2 is 1.86 bits per heavy atom. The molecule has 2 amide bonds. The maximum atomic E-state index is 13.3. The van der Waals surface area contributed by atoms with Gasteiger partial charge in [-0.25, -0.2) is 9.97 Å². The maximum Gasteiger partial charge on any atom is 0.274 e. The molecule has 3 aromatic rings. The number of aromatic nitrogens is 5. The molecule has 5 rings (SSSR count). The van der Waals surface area contributed by atoms with Gasteiger partial charge in [-0.2, -0.15) is 4.52 Å². The molecule has 3 N–H and O–H groups in total. The SMILES string of the molecule is CC(C)(C)Cn1c(=O)c(C(=O)NC2CC2)c(O)n2nc(Nc3cnc(C(=O)N4CCOCC4)cn3)cc12. The Kier molecular flexibility index (Phi) is 6.31. The molecular weight excluding hydrogens is 480 g/mol. The van der Waals surface area contributed by atoms with Crippen LogP contribution in [0, 0.1) is 5.41 Å². The minimum absolute atomic E-state index is 0.0181. The fourth-order valence-electron chi connectivity index (χ4n) is 4.09. The van der Waals surface area contributed by atoms with E-state index in [1.165, 1.54) is 21.5 Å². The summed E-state index contributed by atoms with van der Waals surface area (Å²) in [6.07, 6.45) is 4.48. The van der Waals surface area contributed by atoms with Crippen molar-refractivity contribution in [3.05, 3.63) is 40.1 Å². The molecule has 37 heavy (non-hydrogen) atoms. The molecule has 0 aromatic carbocycles. The molecule has 4 heterocycles. The van der Waals surface area contributed by atoms with E-state index >= 15 is 0 Å². The second-order valence-corrected chi connectivity index (χ2v) is 10.5. The van der Waals surface area contributed by atoms with Crippen molar-refractivity contribution in [2.75, 3.05) is 31.6 Å². The highest BCUT2D eigenvalue weighted by Crippen LogP contribution is 2.25. The predicted octanol–water partition coefficient (Wildman–Crippen LogP) is 1.15. The Labute approximate surface area is 212 Å². The van der Waals surface area contributed by atoms with Crippen LogP contribution in [0.15, 0.2) is 23.3 Å². The van der Waals surface area contributed by atoms with E-state index in [0.29, 0.717) is 44.3 Å². The highest BCUT2D eigenvalue weighted by atomic mass is 16.5. The van der Waals surface area contributed by atoms with Crippen LogP contribution in [-0.2, 0) is 11.3 Å². The second-order valence-electron chi connectivity index (χ2n) is 10.5. The van der Waals surface area contributed by atoms with Crippen LogP contribution in [0.4, 0.5) is 11.6 Å². The van der Waals surface area contributed by atoms with Gasteiger partial charge in [-0.1, -0.05) is 20.8 Å². The molecule has 2 aliphatic rings. The average molecular weight is 511 g/mol. The number of carbonyl (C=O) groups excluding carboxylic acids is 2. The van der Waals surface area contributed by atoms with Gasteiger partial charge < -0.3 is 25.4 Å². The monoisotopic (exact) mass is 510 g/mol. The van der Waals surface area contributed by atoms with E-state index in [4.69, 9.17) is 4.74 Å². The molecular formula is C24H30N8O5. The van der Waals surface area contributed by atoms with Gasteiger partial charge in [0.2, 0.25) is 5.88 Å². The summed E-state index contributed by atoms with van der Waals surface area (Å²) < 4.78 is 7.88. The Bertz CT molecular complexity index is 1400. The number of rotatable bonds is 6. The number of fused-ring (bicyclic) bond motifs is 1. The van der Waals surface area contributed by atoms with E-state index < -0.39 is 17.3 Å². The number of nitrogens with one attached hydrogen (secondary N) is 2. The lowest BCUT2D eigenvalue weighted by molar-refractivity contribution is 0.0298. The Morgan fingerprint density at radius 3 is 2.49 bits per heavy atom. The minimum atomic E-state index is -0.619. The van der Waals surface area contributed by atoms with Crippen LogP contribution in [0.25, 0.3) is 5.65 Å². The zero-order valence-electron chi connectivity index (χ0n) is 21.0. The fourth-order valence-corrected chi connectivity index (χ4v) is 4.09. The Hall–Kier alpha value is -4.00. The third kappa shape index (κ3) is 5.26. The normalized spacial score (nSPS) is 16.1. The van der Waals surface area contributed by atoms with Crippen molar-refractivity contribution in [1.82, 2.24) is 34.4 Å². The molecule has 13 heteroatoms. The van der Waals surface area contributed by atoms with E-state index in [9.17, 15) is 19.5 Å². The van der Waals surface area contributed by atoms with Crippen molar-refractivity contribution in [2.24, 2.45) is 5.41 Å². The average Bonchev–Trinajstić information content (AvgIpc) is 3.57. The van der Waals surface area contributed by atoms with Crippen LogP contribution in [0.1, 0.15) is 54.5 Å². The van der Waals surface area contributed by atoms with Crippen molar-refractivity contribution in [3.63, 3.8) is 0 Å². The molecule has 13 nitrogen and oxygen atoms in total. The number of hydrogen-bond donors (Lipinski definition) is 3. The molecule has 1 saturated carbocycles. The lowest BCUT2D eigenvalue weighted by Gasteiger charge is -2.26. The first-order chi connectivity index (χ1) is 17.6. The highest BCUT2D eigenvalue weighted by Gasteiger charge is 2.30. The summed E-state index contributed by atoms with van der Waals surface area (Å²) in [5.74, 6) is -0.778. The lowest BCUT2D eigenvalue weighted by atomic mass is 9.97. The number of amides is 2. The summed E-state index contributed by atoms with van der Waals surface area (Å²) in [5, 5.41) is 21.0. The van der Waals surface area contributed by atoms with E-state index in [1.54, 1.807) is 11.0 Å². The van der Waals surface area contributed by atoms with Gasteiger partial charge in [-0.15, -0.1) is 5.10 Å². The van der Waals surface area contributed by atoms with E-state index in [2.05, 4.69) is 25.7 Å². The van der Waals surface area contributed by atoms with Crippen molar-refractivity contribution in [2.45, 2.75) is 46.2 Å². The third-order valence-corrected chi connectivity index (χ3v) is 6.05. The molecule has 2 fully saturated rings. The van der Waals surface area contributed by atoms with Gasteiger partial charge >= 0.3 is 0 Å². The molecule has 1 saturated heterocycles. The Balaban J connectivity index is 1.45. The van der Waals surface area contributed by atoms with Crippen LogP contribution in [0.3, 0.4) is 0 Å². The van der Waals surface area contributed by atoms with E-state index in [0.717, 1.165) is 12.8 Å². The van der Waals surface area contributed by atoms with Crippen LogP contribution in [0.2, 0.25) is 0 Å². The predicted molar refractivity (Wildman–Crippen MR) is 133 cm³/mol. The van der Waals surface area contributed by atoms with E-state index in [1.807, 2.05) is 20.8 Å². The summed E-state index contributed by atoms with van der Waals surface area (Å²) >= 11 is 0. The van der Waals surface area contributed by atoms with Crippen molar-refractivity contribution >= 4 is 29.1 Å². The number of aromatic hydroxyl groups is 1. The molecule has 1 aliphatic carbocycles. The minimum Gasteiger partial charge on any atom is -0.492 e. The third-order valence-electron chi connectivity index (χ3n) is 6.05. The molecule has 196 valence electrons. The summed E-state index contributed by atoms with van der Waals surface area (Å²) in [5.41, 5.74) is -0.697. The number of nitrogens with zero attached hydrogens (tertiary/aromatic N) is 6. The highest BCUT2D eigenvalue weighted by molar-refractivity contribution is 5.96. The number of carbonyl (C=O) groups is 2. The van der Waals surface area contributed by atoms with Crippen LogP contribution < -0.4 is 16.2 Å². The van der Waals surface area contributed by atoms with E-state index in [-0.39, 0.29) is 34.4 Å². The van der Waals surface area contributed by atoms with Gasteiger partial charge in [0, 0.05) is 31.7 Å². The Morgan fingerprint density at radius 1 is 1.14 bits per heavy atom. The lowest BCUT2D eigenvalue weighted by Crippen LogP contribution is -2.41. The van der Waals surface area contributed by atoms with Gasteiger partial charge in [0.05, 0.1) is 25.6 Å². The first-order valence-corrected chi connectivity index (χ1v) is 12.2. The standard InChI is InChI=1S/C24H30N8O5/c1-24(2,3)13-31-18-10-16(29-32(18)23(36)19(22(31)35)20(33)27-14-4-5-14)28-17-12-25-15(11-26-17)21(34)30-6-8-37-9-7-30/h10-12,14,36H,4-9,13H2,1-3H3,(H,27,33)(H,26,28,29). The van der Waals surface area contributed by atoms with Crippen molar-refractivity contribution in [1.29, 1.82) is 0 Å².